The summed E-state index contributed by atoms with van der Waals surface area (Å²) in [6.07, 6.45) is 0. The summed E-state index contributed by atoms with van der Waals surface area (Å²) >= 11 is 1.67. The van der Waals surface area contributed by atoms with Crippen LogP contribution in [0.3, 0.4) is 0 Å². The fourth-order valence-electron chi connectivity index (χ4n) is 2.81. The quantitative estimate of drug-likeness (QED) is 0.359. The van der Waals surface area contributed by atoms with Gasteiger partial charge < -0.3 is 9.47 Å². The zero-order chi connectivity index (χ0) is 18.6. The molecule has 1 aromatic heterocycles. The van der Waals surface area contributed by atoms with Crippen molar-refractivity contribution in [3.05, 3.63) is 95.4 Å². The van der Waals surface area contributed by atoms with E-state index in [4.69, 9.17) is 9.47 Å². The highest BCUT2D eigenvalue weighted by Crippen LogP contribution is 2.43. The Balaban J connectivity index is 1.74. The van der Waals surface area contributed by atoms with Crippen molar-refractivity contribution >= 4 is 11.3 Å². The highest BCUT2D eigenvalue weighted by Gasteiger charge is 2.16. The predicted molar refractivity (Wildman–Crippen MR) is 112 cm³/mol. The van der Waals surface area contributed by atoms with E-state index in [1.54, 1.807) is 11.3 Å². The Kier molecular flexibility index (Phi) is 4.95. The molecule has 0 saturated carbocycles. The van der Waals surface area contributed by atoms with Gasteiger partial charge in [-0.15, -0.1) is 11.3 Å². The summed E-state index contributed by atoms with van der Waals surface area (Å²) in [6.45, 7) is 4.13. The van der Waals surface area contributed by atoms with Gasteiger partial charge in [-0.05, 0) is 61.7 Å². The second-order valence-electron chi connectivity index (χ2n) is 6.44. The molecule has 0 spiro atoms. The lowest BCUT2D eigenvalue weighted by Crippen LogP contribution is -1.92. The maximum absolute atomic E-state index is 6.21. The number of thiophene rings is 1. The fourth-order valence-corrected chi connectivity index (χ4v) is 3.59. The van der Waals surface area contributed by atoms with Gasteiger partial charge in [0, 0.05) is 4.88 Å². The summed E-state index contributed by atoms with van der Waals surface area (Å²) in [6, 6.07) is 26.2. The van der Waals surface area contributed by atoms with Gasteiger partial charge in [0.05, 0.1) is 5.56 Å². The van der Waals surface area contributed by atoms with E-state index in [0.717, 1.165) is 33.4 Å². The smallest absolute Gasteiger partial charge is 0.139 e. The van der Waals surface area contributed by atoms with Crippen LogP contribution in [0.4, 0.5) is 0 Å². The summed E-state index contributed by atoms with van der Waals surface area (Å²) < 4.78 is 12.4. The maximum atomic E-state index is 6.21. The Labute approximate surface area is 163 Å². The van der Waals surface area contributed by atoms with E-state index in [2.05, 4.69) is 25.3 Å². The van der Waals surface area contributed by atoms with Crippen molar-refractivity contribution in [3.8, 4) is 33.4 Å². The van der Waals surface area contributed by atoms with Gasteiger partial charge in [-0.25, -0.2) is 0 Å². The largest absolute Gasteiger partial charge is 0.457 e. The van der Waals surface area contributed by atoms with Crippen LogP contribution in [0.25, 0.3) is 10.4 Å². The van der Waals surface area contributed by atoms with E-state index < -0.39 is 0 Å². The van der Waals surface area contributed by atoms with Crippen LogP contribution in [-0.2, 0) is 0 Å². The topological polar surface area (TPSA) is 18.5 Å². The molecule has 0 saturated heterocycles. The van der Waals surface area contributed by atoms with E-state index in [-0.39, 0.29) is 0 Å². The minimum Gasteiger partial charge on any atom is -0.457 e. The summed E-state index contributed by atoms with van der Waals surface area (Å²) in [5.41, 5.74) is 3.38. The van der Waals surface area contributed by atoms with Gasteiger partial charge in [-0.3, -0.25) is 0 Å². The van der Waals surface area contributed by atoms with E-state index in [1.807, 2.05) is 72.8 Å². The van der Waals surface area contributed by atoms with Crippen molar-refractivity contribution < 1.29 is 9.47 Å². The van der Waals surface area contributed by atoms with Gasteiger partial charge in [-0.1, -0.05) is 47.5 Å². The average molecular weight is 372 g/mol. The Morgan fingerprint density at radius 3 is 1.56 bits per heavy atom. The van der Waals surface area contributed by atoms with Crippen molar-refractivity contribution in [2.75, 3.05) is 0 Å². The molecular weight excluding hydrogens is 352 g/mol. The zero-order valence-corrected chi connectivity index (χ0v) is 16.1. The summed E-state index contributed by atoms with van der Waals surface area (Å²) in [7, 11) is 0. The third kappa shape index (κ3) is 4.04. The standard InChI is InChI=1S/C24H20O2S/c1-17-8-12-19(13-9-17)25-21-5-3-6-22(24(21)23-7-4-16-27-23)26-20-14-10-18(2)11-15-20/h3-16H,1-2H3. The first-order chi connectivity index (χ1) is 13.2. The van der Waals surface area contributed by atoms with Crippen LogP contribution in [0.2, 0.25) is 0 Å². The lowest BCUT2D eigenvalue weighted by atomic mass is 10.1. The van der Waals surface area contributed by atoms with Crippen molar-refractivity contribution in [1.82, 2.24) is 0 Å². The van der Waals surface area contributed by atoms with E-state index >= 15 is 0 Å². The molecular formula is C24H20O2S. The summed E-state index contributed by atoms with van der Waals surface area (Å²) in [4.78, 5) is 1.11. The molecule has 0 aliphatic carbocycles. The van der Waals surface area contributed by atoms with Gasteiger partial charge >= 0.3 is 0 Å². The molecule has 4 aromatic rings. The minimum atomic E-state index is 0.783. The molecule has 0 aliphatic rings. The molecule has 0 bridgehead atoms. The monoisotopic (exact) mass is 372 g/mol. The molecule has 4 rings (SSSR count). The normalized spacial score (nSPS) is 10.6. The number of rotatable bonds is 5. The Hall–Kier alpha value is -3.04. The van der Waals surface area contributed by atoms with Crippen LogP contribution in [0.15, 0.2) is 84.2 Å². The van der Waals surface area contributed by atoms with Gasteiger partial charge in [0.15, 0.2) is 0 Å². The molecule has 0 N–H and O–H groups in total. The highest BCUT2D eigenvalue weighted by atomic mass is 32.1. The van der Waals surface area contributed by atoms with Crippen LogP contribution >= 0.6 is 11.3 Å². The maximum Gasteiger partial charge on any atom is 0.139 e. The molecule has 0 amide bonds. The van der Waals surface area contributed by atoms with Crippen molar-refractivity contribution in [2.45, 2.75) is 13.8 Å². The minimum absolute atomic E-state index is 0.783. The van der Waals surface area contributed by atoms with E-state index in [1.165, 1.54) is 11.1 Å². The summed E-state index contributed by atoms with van der Waals surface area (Å²) in [5, 5.41) is 2.06. The Bertz CT molecular complexity index is 951. The number of aryl methyl sites for hydroxylation is 2. The molecule has 0 fully saturated rings. The molecule has 27 heavy (non-hydrogen) atoms. The lowest BCUT2D eigenvalue weighted by molar-refractivity contribution is 0.464. The van der Waals surface area contributed by atoms with Gasteiger partial charge in [0.1, 0.15) is 23.0 Å². The second kappa shape index (κ2) is 7.68. The van der Waals surface area contributed by atoms with E-state index in [9.17, 15) is 0 Å². The average Bonchev–Trinajstić information content (AvgIpc) is 3.20. The number of hydrogen-bond acceptors (Lipinski definition) is 3. The van der Waals surface area contributed by atoms with Crippen LogP contribution in [0, 0.1) is 13.8 Å². The number of hydrogen-bond donors (Lipinski definition) is 0. The van der Waals surface area contributed by atoms with Gasteiger partial charge in [-0.2, -0.15) is 0 Å². The third-order valence-electron chi connectivity index (χ3n) is 4.25. The van der Waals surface area contributed by atoms with Crippen LogP contribution in [0.1, 0.15) is 11.1 Å². The number of benzene rings is 3. The molecule has 3 aromatic carbocycles. The Morgan fingerprint density at radius 1 is 0.593 bits per heavy atom. The lowest BCUT2D eigenvalue weighted by Gasteiger charge is -2.15. The zero-order valence-electron chi connectivity index (χ0n) is 15.3. The van der Waals surface area contributed by atoms with Gasteiger partial charge in [0.2, 0.25) is 0 Å². The molecule has 3 heteroatoms. The summed E-state index contributed by atoms with van der Waals surface area (Å²) in [5.74, 6) is 3.19. The first-order valence-corrected chi connectivity index (χ1v) is 9.73. The fraction of sp³-hybridized carbons (Fsp3) is 0.0833. The van der Waals surface area contributed by atoms with Crippen molar-refractivity contribution in [1.29, 1.82) is 0 Å². The SMILES string of the molecule is Cc1ccc(Oc2cccc(Oc3ccc(C)cc3)c2-c2cccs2)cc1. The van der Waals surface area contributed by atoms with Crippen LogP contribution in [0.5, 0.6) is 23.0 Å². The van der Waals surface area contributed by atoms with E-state index in [0.29, 0.717) is 0 Å². The van der Waals surface area contributed by atoms with Crippen LogP contribution < -0.4 is 9.47 Å². The Morgan fingerprint density at radius 2 is 1.11 bits per heavy atom. The first-order valence-electron chi connectivity index (χ1n) is 8.85. The van der Waals surface area contributed by atoms with Gasteiger partial charge in [0.25, 0.3) is 0 Å². The first kappa shape index (κ1) is 17.4. The number of ether oxygens (including phenoxy) is 2. The second-order valence-corrected chi connectivity index (χ2v) is 7.38. The van der Waals surface area contributed by atoms with Crippen molar-refractivity contribution in [3.63, 3.8) is 0 Å². The highest BCUT2D eigenvalue weighted by molar-refractivity contribution is 7.13. The third-order valence-corrected chi connectivity index (χ3v) is 5.14. The van der Waals surface area contributed by atoms with Crippen LogP contribution in [-0.4, -0.2) is 0 Å². The molecule has 1 heterocycles. The molecule has 134 valence electrons. The predicted octanol–water partition coefficient (Wildman–Crippen LogP) is 7.62. The molecule has 0 atom stereocenters. The molecule has 0 unspecified atom stereocenters. The molecule has 2 nitrogen and oxygen atoms in total. The van der Waals surface area contributed by atoms with Crippen molar-refractivity contribution in [2.24, 2.45) is 0 Å². The molecule has 0 radical (unpaired) electrons. The molecule has 0 aliphatic heterocycles.